The first-order valence-corrected chi connectivity index (χ1v) is 13.0. The van der Waals surface area contributed by atoms with Crippen LogP contribution in [-0.2, 0) is 10.0 Å². The van der Waals surface area contributed by atoms with Crippen molar-refractivity contribution in [1.29, 1.82) is 0 Å². The fraction of sp³-hybridized carbons (Fsp3) is 0.143. The Morgan fingerprint density at radius 1 is 1.00 bits per heavy atom. The Kier molecular flexibility index (Phi) is 4.80. The molecule has 4 heterocycles. The first kappa shape index (κ1) is 19.2. The first-order chi connectivity index (χ1) is 14.5. The zero-order chi connectivity index (χ0) is 20.7. The van der Waals surface area contributed by atoms with Crippen molar-refractivity contribution in [1.82, 2.24) is 14.2 Å². The summed E-state index contributed by atoms with van der Waals surface area (Å²) in [7, 11) is -3.55. The predicted octanol–water partition coefficient (Wildman–Crippen LogP) is 4.77. The molecule has 0 aliphatic carbocycles. The third kappa shape index (κ3) is 3.49. The highest BCUT2D eigenvalue weighted by Gasteiger charge is 2.37. The molecule has 0 radical (unpaired) electrons. The summed E-state index contributed by atoms with van der Waals surface area (Å²) in [5, 5.41) is 17.3. The molecule has 30 heavy (non-hydrogen) atoms. The van der Waals surface area contributed by atoms with Crippen LogP contribution in [0.1, 0.15) is 23.6 Å². The largest absolute Gasteiger partial charge is 0.247 e. The van der Waals surface area contributed by atoms with Crippen LogP contribution < -0.4 is 0 Å². The summed E-state index contributed by atoms with van der Waals surface area (Å²) in [4.78, 5) is 0. The molecule has 1 aliphatic rings. The van der Waals surface area contributed by atoms with E-state index < -0.39 is 16.1 Å². The van der Waals surface area contributed by atoms with Gasteiger partial charge in [0.2, 0.25) is 10.0 Å². The van der Waals surface area contributed by atoms with Crippen LogP contribution >= 0.6 is 22.7 Å². The van der Waals surface area contributed by atoms with Gasteiger partial charge in [0.05, 0.1) is 29.4 Å². The lowest BCUT2D eigenvalue weighted by Gasteiger charge is -2.21. The molecule has 0 bridgehead atoms. The lowest BCUT2D eigenvalue weighted by molar-refractivity contribution is 0.375. The third-order valence-electron chi connectivity index (χ3n) is 4.98. The highest BCUT2D eigenvalue weighted by molar-refractivity contribution is 7.88. The van der Waals surface area contributed by atoms with Crippen molar-refractivity contribution in [3.8, 4) is 16.9 Å². The predicted molar refractivity (Wildman–Crippen MR) is 122 cm³/mol. The summed E-state index contributed by atoms with van der Waals surface area (Å²) in [6.45, 7) is 0. The van der Waals surface area contributed by atoms with Gasteiger partial charge in [0.25, 0.3) is 0 Å². The van der Waals surface area contributed by atoms with Crippen molar-refractivity contribution in [2.75, 3.05) is 6.26 Å². The minimum Gasteiger partial charge on any atom is -0.240 e. The second-order valence-corrected chi connectivity index (χ2v) is 10.4. The summed E-state index contributed by atoms with van der Waals surface area (Å²) < 4.78 is 28.3. The zero-order valence-corrected chi connectivity index (χ0v) is 18.5. The summed E-state index contributed by atoms with van der Waals surface area (Å²) in [5.41, 5.74) is 5.25. The lowest BCUT2D eigenvalue weighted by Crippen LogP contribution is -2.26. The Bertz CT molecular complexity index is 1290. The number of hydrogen-bond donors (Lipinski definition) is 0. The first-order valence-electron chi connectivity index (χ1n) is 9.28. The molecule has 0 spiro atoms. The molecule has 0 amide bonds. The SMILES string of the molecule is CS(=O)(=O)N1N=C(c2ccsc2)CC1c1cn(-c2ccccc2)nc1-c1ccsc1. The van der Waals surface area contributed by atoms with E-state index >= 15 is 0 Å². The van der Waals surface area contributed by atoms with Gasteiger partial charge < -0.3 is 0 Å². The van der Waals surface area contributed by atoms with Crippen LogP contribution in [0.5, 0.6) is 0 Å². The maximum atomic E-state index is 12.6. The van der Waals surface area contributed by atoms with E-state index in [0.717, 1.165) is 33.8 Å². The molecule has 3 aromatic heterocycles. The molecule has 0 saturated carbocycles. The fourth-order valence-corrected chi connectivity index (χ4v) is 5.80. The minimum absolute atomic E-state index is 0.442. The van der Waals surface area contributed by atoms with E-state index in [9.17, 15) is 8.42 Å². The summed E-state index contributed by atoms with van der Waals surface area (Å²) in [6.07, 6.45) is 3.63. The van der Waals surface area contributed by atoms with Crippen molar-refractivity contribution in [3.05, 3.63) is 81.3 Å². The number of hydrazone groups is 1. The van der Waals surface area contributed by atoms with Gasteiger partial charge in [-0.3, -0.25) is 0 Å². The second-order valence-electron chi connectivity index (χ2n) is 7.04. The Labute approximate surface area is 182 Å². The maximum Gasteiger partial charge on any atom is 0.247 e. The normalized spacial score (nSPS) is 16.8. The molecule has 5 rings (SSSR count). The van der Waals surface area contributed by atoms with Crippen LogP contribution in [-0.4, -0.2) is 34.6 Å². The molecule has 1 aromatic carbocycles. The molecule has 1 unspecified atom stereocenters. The van der Waals surface area contributed by atoms with Gasteiger partial charge in [-0.05, 0) is 40.4 Å². The molecule has 6 nitrogen and oxygen atoms in total. The van der Waals surface area contributed by atoms with E-state index in [-0.39, 0.29) is 0 Å². The fourth-order valence-electron chi connectivity index (χ4n) is 3.60. The molecule has 9 heteroatoms. The molecule has 0 fully saturated rings. The van der Waals surface area contributed by atoms with Crippen LogP contribution in [0.4, 0.5) is 0 Å². The van der Waals surface area contributed by atoms with E-state index in [1.807, 2.05) is 74.9 Å². The average Bonchev–Trinajstić information content (AvgIpc) is 3.53. The standard InChI is InChI=1S/C21H18N4O2S3/c1-30(26,27)25-20(11-19(22-25)15-7-9-28-13-15)18-12-24(17-5-3-2-4-6-17)23-21(18)16-8-10-29-14-16/h2-10,12-14,20H,11H2,1H3. The van der Waals surface area contributed by atoms with Gasteiger partial charge in [-0.2, -0.15) is 37.3 Å². The van der Waals surface area contributed by atoms with Crippen LogP contribution in [0.25, 0.3) is 16.9 Å². The van der Waals surface area contributed by atoms with Crippen molar-refractivity contribution in [3.63, 3.8) is 0 Å². The number of benzene rings is 1. The molecule has 0 N–H and O–H groups in total. The van der Waals surface area contributed by atoms with Gasteiger partial charge in [-0.15, -0.1) is 0 Å². The summed E-state index contributed by atoms with van der Waals surface area (Å²) in [6, 6.07) is 13.4. The zero-order valence-electron chi connectivity index (χ0n) is 16.0. The van der Waals surface area contributed by atoms with E-state index in [2.05, 4.69) is 5.10 Å². The quantitative estimate of drug-likeness (QED) is 0.436. The number of nitrogens with zero attached hydrogens (tertiary/aromatic N) is 4. The number of para-hydroxylation sites is 1. The topological polar surface area (TPSA) is 67.6 Å². The number of hydrogen-bond acceptors (Lipinski definition) is 6. The number of rotatable bonds is 5. The maximum absolute atomic E-state index is 12.6. The number of thiophene rings is 2. The Hall–Kier alpha value is -2.75. The van der Waals surface area contributed by atoms with E-state index in [0.29, 0.717) is 6.42 Å². The lowest BCUT2D eigenvalue weighted by atomic mass is 9.99. The molecule has 1 aliphatic heterocycles. The molecular weight excluding hydrogens is 436 g/mol. The van der Waals surface area contributed by atoms with Crippen LogP contribution in [0.3, 0.4) is 0 Å². The monoisotopic (exact) mass is 454 g/mol. The summed E-state index contributed by atoms with van der Waals surface area (Å²) in [5.74, 6) is 0. The van der Waals surface area contributed by atoms with E-state index in [4.69, 9.17) is 5.10 Å². The molecule has 4 aromatic rings. The number of sulfonamides is 1. The van der Waals surface area contributed by atoms with Gasteiger partial charge in [0.15, 0.2) is 0 Å². The number of aromatic nitrogens is 2. The highest BCUT2D eigenvalue weighted by atomic mass is 32.2. The Balaban J connectivity index is 1.64. The van der Waals surface area contributed by atoms with Crippen molar-refractivity contribution in [2.45, 2.75) is 12.5 Å². The van der Waals surface area contributed by atoms with Gasteiger partial charge in [0, 0.05) is 34.7 Å². The third-order valence-corrected chi connectivity index (χ3v) is 7.37. The van der Waals surface area contributed by atoms with Gasteiger partial charge in [-0.1, -0.05) is 18.2 Å². The smallest absolute Gasteiger partial charge is 0.240 e. The average molecular weight is 455 g/mol. The molecule has 0 saturated heterocycles. The summed E-state index contributed by atoms with van der Waals surface area (Å²) >= 11 is 3.16. The Morgan fingerprint density at radius 3 is 2.33 bits per heavy atom. The van der Waals surface area contributed by atoms with Crippen molar-refractivity contribution >= 4 is 38.4 Å². The molecular formula is C21H18N4O2S3. The van der Waals surface area contributed by atoms with Gasteiger partial charge in [0.1, 0.15) is 0 Å². The molecule has 152 valence electrons. The highest BCUT2D eigenvalue weighted by Crippen LogP contribution is 2.40. The Morgan fingerprint density at radius 2 is 1.70 bits per heavy atom. The van der Waals surface area contributed by atoms with Gasteiger partial charge >= 0.3 is 0 Å². The van der Waals surface area contributed by atoms with E-state index in [1.165, 1.54) is 10.7 Å². The van der Waals surface area contributed by atoms with Gasteiger partial charge in [-0.25, -0.2) is 13.1 Å². The minimum atomic E-state index is -3.55. The molecule has 1 atom stereocenters. The second kappa shape index (κ2) is 7.50. The van der Waals surface area contributed by atoms with Crippen LogP contribution in [0.15, 0.2) is 75.3 Å². The van der Waals surface area contributed by atoms with Crippen molar-refractivity contribution < 1.29 is 8.42 Å². The van der Waals surface area contributed by atoms with E-state index in [1.54, 1.807) is 22.7 Å². The van der Waals surface area contributed by atoms with Crippen molar-refractivity contribution in [2.24, 2.45) is 5.10 Å². The van der Waals surface area contributed by atoms with Crippen LogP contribution in [0.2, 0.25) is 0 Å². The van der Waals surface area contributed by atoms with Crippen LogP contribution in [0, 0.1) is 0 Å².